The van der Waals surface area contributed by atoms with Crippen molar-refractivity contribution < 1.29 is 9.18 Å². The molecule has 0 saturated heterocycles. The van der Waals surface area contributed by atoms with Gasteiger partial charge in [0.05, 0.1) is 5.69 Å². The van der Waals surface area contributed by atoms with E-state index in [4.69, 9.17) is 0 Å². The van der Waals surface area contributed by atoms with Crippen molar-refractivity contribution >= 4 is 11.6 Å². The second kappa shape index (κ2) is 6.47. The van der Waals surface area contributed by atoms with E-state index in [0.717, 1.165) is 16.8 Å². The highest BCUT2D eigenvalue weighted by Gasteiger charge is 2.21. The number of hydrogen-bond acceptors (Lipinski definition) is 3. The van der Waals surface area contributed by atoms with Crippen LogP contribution in [0.2, 0.25) is 0 Å². The monoisotopic (exact) mass is 338 g/mol. The molecule has 0 spiro atoms. The molecule has 2 aromatic carbocycles. The fourth-order valence-corrected chi connectivity index (χ4v) is 2.67. The summed E-state index contributed by atoms with van der Waals surface area (Å²) in [6.45, 7) is 5.73. The molecule has 0 aliphatic heterocycles. The molecule has 1 aromatic heterocycles. The maximum absolute atomic E-state index is 13.1. The van der Waals surface area contributed by atoms with Crippen molar-refractivity contribution in [2.24, 2.45) is 0 Å². The van der Waals surface area contributed by atoms with Gasteiger partial charge in [-0.15, -0.1) is 5.10 Å². The molecule has 25 heavy (non-hydrogen) atoms. The van der Waals surface area contributed by atoms with E-state index in [1.807, 2.05) is 32.0 Å². The van der Waals surface area contributed by atoms with Crippen LogP contribution in [0.5, 0.6) is 0 Å². The van der Waals surface area contributed by atoms with Crippen LogP contribution in [0.4, 0.5) is 10.1 Å². The van der Waals surface area contributed by atoms with Gasteiger partial charge in [0.2, 0.25) is 5.82 Å². The van der Waals surface area contributed by atoms with Gasteiger partial charge in [-0.1, -0.05) is 12.1 Å². The molecule has 0 atom stereocenters. The minimum absolute atomic E-state index is 0.102. The lowest BCUT2D eigenvalue weighted by atomic mass is 10.1. The van der Waals surface area contributed by atoms with E-state index in [0.29, 0.717) is 11.5 Å². The van der Waals surface area contributed by atoms with Gasteiger partial charge in [0.1, 0.15) is 11.6 Å². The third-order valence-electron chi connectivity index (χ3n) is 4.27. The lowest BCUT2D eigenvalue weighted by molar-refractivity contribution is 0.0983. The largest absolute Gasteiger partial charge is 0.308 e. The minimum Gasteiger partial charge on any atom is -0.308 e. The van der Waals surface area contributed by atoms with Crippen molar-refractivity contribution in [3.05, 3.63) is 71.1 Å². The summed E-state index contributed by atoms with van der Waals surface area (Å²) in [4.78, 5) is 18.6. The van der Waals surface area contributed by atoms with Crippen LogP contribution in [0.25, 0.3) is 5.69 Å². The summed E-state index contributed by atoms with van der Waals surface area (Å²) >= 11 is 0. The van der Waals surface area contributed by atoms with Gasteiger partial charge in [-0.05, 0) is 62.2 Å². The van der Waals surface area contributed by atoms with E-state index < -0.39 is 0 Å². The first-order chi connectivity index (χ1) is 11.9. The van der Waals surface area contributed by atoms with Crippen LogP contribution in [-0.4, -0.2) is 27.7 Å². The van der Waals surface area contributed by atoms with Gasteiger partial charge < -0.3 is 4.90 Å². The Morgan fingerprint density at radius 1 is 1.08 bits per heavy atom. The van der Waals surface area contributed by atoms with E-state index >= 15 is 0 Å². The Hall–Kier alpha value is -3.02. The summed E-state index contributed by atoms with van der Waals surface area (Å²) in [5.74, 6) is 0.0414. The van der Waals surface area contributed by atoms with Gasteiger partial charge in [0.25, 0.3) is 5.91 Å². The average Bonchev–Trinajstić information content (AvgIpc) is 2.98. The molecule has 1 heterocycles. The fraction of sp³-hybridized carbons (Fsp3) is 0.211. The number of carbonyl (C=O) groups is 1. The summed E-state index contributed by atoms with van der Waals surface area (Å²) in [5, 5.41) is 4.30. The Morgan fingerprint density at radius 3 is 2.44 bits per heavy atom. The fourth-order valence-electron chi connectivity index (χ4n) is 2.67. The van der Waals surface area contributed by atoms with Gasteiger partial charge in [0, 0.05) is 12.7 Å². The van der Waals surface area contributed by atoms with Crippen molar-refractivity contribution in [2.45, 2.75) is 20.8 Å². The topological polar surface area (TPSA) is 51.0 Å². The number of aromatic nitrogens is 3. The summed E-state index contributed by atoms with van der Waals surface area (Å²) in [6.07, 6.45) is 0. The Balaban J connectivity index is 1.94. The lowest BCUT2D eigenvalue weighted by Crippen LogP contribution is -2.28. The van der Waals surface area contributed by atoms with E-state index in [2.05, 4.69) is 10.1 Å². The molecule has 0 saturated carbocycles. The highest BCUT2D eigenvalue weighted by molar-refractivity contribution is 6.03. The molecule has 0 aliphatic rings. The Morgan fingerprint density at radius 2 is 1.76 bits per heavy atom. The van der Waals surface area contributed by atoms with E-state index in [-0.39, 0.29) is 17.5 Å². The molecule has 0 N–H and O–H groups in total. The second-order valence-electron chi connectivity index (χ2n) is 5.95. The maximum Gasteiger partial charge on any atom is 0.297 e. The van der Waals surface area contributed by atoms with E-state index in [9.17, 15) is 9.18 Å². The smallest absolute Gasteiger partial charge is 0.297 e. The summed E-state index contributed by atoms with van der Waals surface area (Å²) in [7, 11) is 1.71. The minimum atomic E-state index is -0.326. The number of rotatable bonds is 3. The molecule has 3 rings (SSSR count). The normalized spacial score (nSPS) is 10.8. The van der Waals surface area contributed by atoms with E-state index in [1.165, 1.54) is 16.8 Å². The van der Waals surface area contributed by atoms with Crippen molar-refractivity contribution in [1.29, 1.82) is 0 Å². The van der Waals surface area contributed by atoms with Gasteiger partial charge >= 0.3 is 0 Å². The number of amides is 1. The van der Waals surface area contributed by atoms with Crippen LogP contribution in [0, 0.1) is 26.6 Å². The molecule has 128 valence electrons. The number of nitrogens with zero attached hydrogens (tertiary/aromatic N) is 4. The zero-order valence-electron chi connectivity index (χ0n) is 14.6. The average molecular weight is 338 g/mol. The summed E-state index contributed by atoms with van der Waals surface area (Å²) < 4.78 is 14.6. The molecule has 5 nitrogen and oxygen atoms in total. The number of halogens is 1. The number of carbonyl (C=O) groups excluding carboxylic acids is 1. The van der Waals surface area contributed by atoms with Gasteiger partial charge in [-0.25, -0.2) is 14.1 Å². The molecular weight excluding hydrogens is 319 g/mol. The van der Waals surface area contributed by atoms with Crippen LogP contribution in [0.3, 0.4) is 0 Å². The first-order valence-electron chi connectivity index (χ1n) is 7.92. The summed E-state index contributed by atoms with van der Waals surface area (Å²) in [6, 6.07) is 11.7. The van der Waals surface area contributed by atoms with E-state index in [1.54, 1.807) is 31.0 Å². The predicted molar refractivity (Wildman–Crippen MR) is 94.7 cm³/mol. The van der Waals surface area contributed by atoms with Gasteiger partial charge in [-0.3, -0.25) is 4.79 Å². The molecule has 1 amide bonds. The lowest BCUT2D eigenvalue weighted by Gasteiger charge is -2.19. The number of hydrogen-bond donors (Lipinski definition) is 0. The highest BCUT2D eigenvalue weighted by Crippen LogP contribution is 2.23. The molecule has 0 aliphatic carbocycles. The Bertz CT molecular complexity index is 931. The van der Waals surface area contributed by atoms with Crippen molar-refractivity contribution in [3.63, 3.8) is 0 Å². The van der Waals surface area contributed by atoms with Crippen LogP contribution < -0.4 is 4.90 Å². The zero-order valence-corrected chi connectivity index (χ0v) is 14.6. The van der Waals surface area contributed by atoms with Gasteiger partial charge in [-0.2, -0.15) is 0 Å². The third kappa shape index (κ3) is 3.15. The first-order valence-corrected chi connectivity index (χ1v) is 7.92. The van der Waals surface area contributed by atoms with Crippen LogP contribution in [0.15, 0.2) is 42.5 Å². The molecule has 0 radical (unpaired) electrons. The number of aryl methyl sites for hydroxylation is 2. The molecule has 6 heteroatoms. The molecule has 0 fully saturated rings. The van der Waals surface area contributed by atoms with Crippen molar-refractivity contribution in [1.82, 2.24) is 14.8 Å². The zero-order chi connectivity index (χ0) is 18.1. The van der Waals surface area contributed by atoms with Crippen LogP contribution in [0.1, 0.15) is 27.6 Å². The molecule has 0 bridgehead atoms. The van der Waals surface area contributed by atoms with Crippen molar-refractivity contribution in [3.8, 4) is 5.69 Å². The quantitative estimate of drug-likeness (QED) is 0.733. The summed E-state index contributed by atoms with van der Waals surface area (Å²) in [5.41, 5.74) is 3.62. The third-order valence-corrected chi connectivity index (χ3v) is 4.27. The Kier molecular flexibility index (Phi) is 4.35. The number of benzene rings is 2. The standard InChI is InChI=1S/C19H19FN4O/c1-12-6-5-7-17(13(12)2)23(4)19(25)18-21-14(3)24(22-18)16-10-8-15(20)9-11-16/h5-11H,1-4H3. The number of anilines is 1. The van der Waals surface area contributed by atoms with Crippen LogP contribution >= 0.6 is 0 Å². The van der Waals surface area contributed by atoms with Crippen LogP contribution in [-0.2, 0) is 0 Å². The highest BCUT2D eigenvalue weighted by atomic mass is 19.1. The molecular formula is C19H19FN4O. The molecule has 0 unspecified atom stereocenters. The SMILES string of the molecule is Cc1cccc(N(C)C(=O)c2nc(C)n(-c3ccc(F)cc3)n2)c1C. The second-order valence-corrected chi connectivity index (χ2v) is 5.95. The first kappa shape index (κ1) is 16.8. The van der Waals surface area contributed by atoms with Crippen molar-refractivity contribution in [2.75, 3.05) is 11.9 Å². The Labute approximate surface area is 145 Å². The van der Waals surface area contributed by atoms with Gasteiger partial charge in [0.15, 0.2) is 0 Å². The maximum atomic E-state index is 13.1. The predicted octanol–water partition coefficient (Wildman–Crippen LogP) is 3.61. The molecule has 3 aromatic rings.